The summed E-state index contributed by atoms with van der Waals surface area (Å²) in [7, 11) is 0. The Hall–Kier alpha value is -4.20. The van der Waals surface area contributed by atoms with Gasteiger partial charge in [0.15, 0.2) is 11.5 Å². The van der Waals surface area contributed by atoms with Crippen molar-refractivity contribution < 1.29 is 13.6 Å². The number of rotatable bonds is 6. The van der Waals surface area contributed by atoms with Crippen LogP contribution in [-0.2, 0) is 13.0 Å². The van der Waals surface area contributed by atoms with E-state index in [1.807, 2.05) is 52.0 Å². The quantitative estimate of drug-likeness (QED) is 0.275. The number of anilines is 2. The summed E-state index contributed by atoms with van der Waals surface area (Å²) in [6, 6.07) is 17.7. The fourth-order valence-electron chi connectivity index (χ4n) is 4.53. The predicted molar refractivity (Wildman–Crippen MR) is 160 cm³/mol. The largest absolute Gasteiger partial charge is 0.368 e. The van der Waals surface area contributed by atoms with E-state index in [1.165, 1.54) is 22.6 Å². The molecule has 0 saturated carbocycles. The third-order valence-electron chi connectivity index (χ3n) is 6.45. The molecule has 3 heterocycles. The van der Waals surface area contributed by atoms with Crippen LogP contribution in [0.15, 0.2) is 79.5 Å². The van der Waals surface area contributed by atoms with Gasteiger partial charge in [-0.3, -0.25) is 9.20 Å². The lowest BCUT2D eigenvalue weighted by molar-refractivity contribution is 0.0944. The predicted octanol–water partition coefficient (Wildman–Crippen LogP) is 6.65. The maximum Gasteiger partial charge on any atom is 0.270 e. The highest BCUT2D eigenvalue weighted by Gasteiger charge is 2.20. The molecule has 40 heavy (non-hydrogen) atoms. The van der Waals surface area contributed by atoms with Gasteiger partial charge in [0.05, 0.1) is 5.69 Å². The highest BCUT2D eigenvalue weighted by atomic mass is 19.1. The van der Waals surface area contributed by atoms with Gasteiger partial charge in [-0.15, -0.1) is 6.58 Å². The number of nitrogens with zero attached hydrogens (tertiary/aromatic N) is 4. The van der Waals surface area contributed by atoms with Crippen molar-refractivity contribution in [1.29, 1.82) is 0 Å². The molecule has 6 nitrogen and oxygen atoms in total. The molecule has 0 bridgehead atoms. The molecular formula is C32H39F2N5O. The number of benzene rings is 2. The molecule has 1 N–H and O–H groups in total. The Kier molecular flexibility index (Phi) is 11.2. The van der Waals surface area contributed by atoms with Crippen molar-refractivity contribution in [3.05, 3.63) is 108 Å². The van der Waals surface area contributed by atoms with Gasteiger partial charge in [-0.1, -0.05) is 39.0 Å². The van der Waals surface area contributed by atoms with Gasteiger partial charge in [0, 0.05) is 50.3 Å². The number of hydrogen-bond donors (Lipinski definition) is 1. The SMILES string of the molecule is C=CC.CC.CCc1nc2c(F)cccn2c1C(=O)NCc1ccc(N2CCN(c3ccc(F)cc3)CC2)cc1. The summed E-state index contributed by atoms with van der Waals surface area (Å²) in [4.78, 5) is 21.8. The van der Waals surface area contributed by atoms with Gasteiger partial charge < -0.3 is 15.1 Å². The molecule has 2 aromatic heterocycles. The molecule has 8 heteroatoms. The number of halogens is 2. The van der Waals surface area contributed by atoms with Gasteiger partial charge in [0.2, 0.25) is 0 Å². The molecule has 2 aromatic carbocycles. The smallest absolute Gasteiger partial charge is 0.270 e. The molecule has 1 amide bonds. The van der Waals surface area contributed by atoms with Crippen molar-refractivity contribution in [3.63, 3.8) is 0 Å². The van der Waals surface area contributed by atoms with E-state index in [-0.39, 0.29) is 17.4 Å². The van der Waals surface area contributed by atoms with Crippen LogP contribution in [0.1, 0.15) is 49.4 Å². The number of piperazine rings is 1. The summed E-state index contributed by atoms with van der Waals surface area (Å²) in [5.74, 6) is -0.946. The summed E-state index contributed by atoms with van der Waals surface area (Å²) in [6.45, 7) is 15.0. The van der Waals surface area contributed by atoms with Crippen molar-refractivity contribution in [2.24, 2.45) is 0 Å². The molecule has 1 saturated heterocycles. The number of nitrogens with one attached hydrogen (secondary N) is 1. The zero-order chi connectivity index (χ0) is 29.1. The van der Waals surface area contributed by atoms with E-state index < -0.39 is 5.82 Å². The number of amides is 1. The minimum absolute atomic E-state index is 0.165. The van der Waals surface area contributed by atoms with Crippen LogP contribution in [0.5, 0.6) is 0 Å². The molecule has 5 rings (SSSR count). The van der Waals surface area contributed by atoms with Crippen LogP contribution < -0.4 is 15.1 Å². The van der Waals surface area contributed by atoms with Gasteiger partial charge in [0.1, 0.15) is 11.5 Å². The fraction of sp³-hybridized carbons (Fsp3) is 0.312. The third kappa shape index (κ3) is 7.25. The molecule has 1 aliphatic rings. The second-order valence-corrected chi connectivity index (χ2v) is 9.02. The van der Waals surface area contributed by atoms with Gasteiger partial charge in [0.25, 0.3) is 5.91 Å². The van der Waals surface area contributed by atoms with Crippen molar-refractivity contribution in [1.82, 2.24) is 14.7 Å². The Balaban J connectivity index is 0.000000827. The average molecular weight is 548 g/mol. The lowest BCUT2D eigenvalue weighted by Gasteiger charge is -2.37. The summed E-state index contributed by atoms with van der Waals surface area (Å²) >= 11 is 0. The van der Waals surface area contributed by atoms with Crippen molar-refractivity contribution >= 4 is 22.9 Å². The Morgan fingerprint density at radius 1 is 0.950 bits per heavy atom. The lowest BCUT2D eigenvalue weighted by atomic mass is 10.1. The van der Waals surface area contributed by atoms with Crippen LogP contribution in [0.4, 0.5) is 20.2 Å². The van der Waals surface area contributed by atoms with E-state index in [4.69, 9.17) is 0 Å². The van der Waals surface area contributed by atoms with Crippen LogP contribution in [0, 0.1) is 11.6 Å². The Morgan fingerprint density at radius 2 is 1.48 bits per heavy atom. The van der Waals surface area contributed by atoms with Crippen LogP contribution in [0.2, 0.25) is 0 Å². The highest BCUT2D eigenvalue weighted by molar-refractivity contribution is 5.94. The van der Waals surface area contributed by atoms with Crippen LogP contribution in [0.25, 0.3) is 5.65 Å². The standard InChI is InChI=1S/C27H27F2N5O.C3H6.C2H6/c1-2-24-25(34-13-3-4-23(29)26(34)31-24)27(35)30-18-19-5-9-21(10-6-19)32-14-16-33(17-15-32)22-11-7-20(28)8-12-22;1-3-2;1-2/h3-13H,2,14-18H2,1H3,(H,30,35);3H,1H2,2H3;1-2H3. The molecular weight excluding hydrogens is 508 g/mol. The Bertz CT molecular complexity index is 1380. The van der Waals surface area contributed by atoms with Gasteiger partial charge in [-0.2, -0.15) is 0 Å². The molecule has 0 unspecified atom stereocenters. The highest BCUT2D eigenvalue weighted by Crippen LogP contribution is 2.22. The number of aryl methyl sites for hydroxylation is 1. The number of carbonyl (C=O) groups is 1. The lowest BCUT2D eigenvalue weighted by Crippen LogP contribution is -2.46. The van der Waals surface area contributed by atoms with Crippen LogP contribution in [-0.4, -0.2) is 41.5 Å². The number of imidazole rings is 1. The van der Waals surface area contributed by atoms with Gasteiger partial charge in [-0.25, -0.2) is 13.8 Å². The summed E-state index contributed by atoms with van der Waals surface area (Å²) in [5.41, 5.74) is 4.25. The zero-order valence-electron chi connectivity index (χ0n) is 23.8. The molecule has 0 atom stereocenters. The number of allylic oxidation sites excluding steroid dienone is 1. The number of fused-ring (bicyclic) bond motifs is 1. The van der Waals surface area contributed by atoms with Crippen molar-refractivity contribution in [3.8, 4) is 0 Å². The first-order valence-corrected chi connectivity index (χ1v) is 13.8. The van der Waals surface area contributed by atoms with E-state index in [1.54, 1.807) is 18.3 Å². The van der Waals surface area contributed by atoms with Crippen LogP contribution >= 0.6 is 0 Å². The first-order valence-electron chi connectivity index (χ1n) is 13.8. The second-order valence-electron chi connectivity index (χ2n) is 9.02. The maximum absolute atomic E-state index is 14.1. The molecule has 4 aromatic rings. The van der Waals surface area contributed by atoms with Crippen LogP contribution in [0.3, 0.4) is 0 Å². The summed E-state index contributed by atoms with van der Waals surface area (Å²) in [6.07, 6.45) is 3.94. The maximum atomic E-state index is 14.1. The molecule has 1 fully saturated rings. The minimum Gasteiger partial charge on any atom is -0.368 e. The topological polar surface area (TPSA) is 52.9 Å². The third-order valence-corrected chi connectivity index (χ3v) is 6.45. The number of hydrogen-bond acceptors (Lipinski definition) is 4. The van der Waals surface area contributed by atoms with Crippen molar-refractivity contribution in [2.45, 2.75) is 40.7 Å². The number of pyridine rings is 1. The molecule has 212 valence electrons. The first-order chi connectivity index (χ1) is 19.4. The Morgan fingerprint density at radius 3 is 2.00 bits per heavy atom. The van der Waals surface area contributed by atoms with Gasteiger partial charge >= 0.3 is 0 Å². The monoisotopic (exact) mass is 547 g/mol. The normalized spacial score (nSPS) is 12.7. The summed E-state index contributed by atoms with van der Waals surface area (Å²) < 4.78 is 28.8. The molecule has 0 spiro atoms. The van der Waals surface area contributed by atoms with E-state index >= 15 is 0 Å². The van der Waals surface area contributed by atoms with E-state index in [2.05, 4.69) is 38.8 Å². The second kappa shape index (κ2) is 14.8. The number of aromatic nitrogens is 2. The fourth-order valence-corrected chi connectivity index (χ4v) is 4.53. The minimum atomic E-state index is -0.449. The molecule has 1 aliphatic heterocycles. The number of carbonyl (C=O) groups excluding carboxylic acids is 1. The summed E-state index contributed by atoms with van der Waals surface area (Å²) in [5, 5.41) is 2.95. The average Bonchev–Trinajstić information content (AvgIpc) is 3.38. The van der Waals surface area contributed by atoms with Gasteiger partial charge in [-0.05, 0) is 67.4 Å². The van der Waals surface area contributed by atoms with E-state index in [9.17, 15) is 13.6 Å². The van der Waals surface area contributed by atoms with Crippen molar-refractivity contribution in [2.75, 3.05) is 36.0 Å². The Labute approximate surface area is 236 Å². The molecule has 0 aliphatic carbocycles. The molecule has 0 radical (unpaired) electrons. The van der Waals surface area contributed by atoms with E-state index in [0.717, 1.165) is 43.1 Å². The zero-order valence-corrected chi connectivity index (χ0v) is 23.8. The first kappa shape index (κ1) is 30.3. The van der Waals surface area contributed by atoms with E-state index in [0.29, 0.717) is 24.4 Å².